The lowest BCUT2D eigenvalue weighted by atomic mass is 10.2. The van der Waals surface area contributed by atoms with E-state index in [1.165, 1.54) is 32.2 Å². The lowest BCUT2D eigenvalue weighted by Gasteiger charge is -2.15. The Balaban J connectivity index is 2.26. The van der Waals surface area contributed by atoms with Gasteiger partial charge in [-0.05, 0) is 58.7 Å². The zero-order valence-corrected chi connectivity index (χ0v) is 18.6. The van der Waals surface area contributed by atoms with Crippen LogP contribution in [0.25, 0.3) is 0 Å². The number of methoxy groups -OCH3 is 1. The third-order valence-corrected chi connectivity index (χ3v) is 5.91. The molecule has 156 valence electrons. The van der Waals surface area contributed by atoms with Gasteiger partial charge in [0.1, 0.15) is 10.6 Å². The first-order chi connectivity index (χ1) is 13.6. The van der Waals surface area contributed by atoms with Gasteiger partial charge in [-0.1, -0.05) is 6.07 Å². The van der Waals surface area contributed by atoms with Crippen molar-refractivity contribution in [1.29, 1.82) is 0 Å². The van der Waals surface area contributed by atoms with Gasteiger partial charge in [-0.2, -0.15) is 0 Å². The van der Waals surface area contributed by atoms with Crippen LogP contribution in [0.1, 0.15) is 18.9 Å². The molecule has 0 saturated carbocycles. The SMILES string of the molecule is COc1ccc(NC(=O)CCNC(C)=O)cc1S(=O)(=O)Nc1cc(C)ccc1Br. The van der Waals surface area contributed by atoms with E-state index in [4.69, 9.17) is 4.74 Å². The molecule has 0 aliphatic carbocycles. The van der Waals surface area contributed by atoms with E-state index in [1.807, 2.05) is 13.0 Å². The highest BCUT2D eigenvalue weighted by molar-refractivity contribution is 9.10. The fraction of sp³-hybridized carbons (Fsp3) is 0.263. The minimum Gasteiger partial charge on any atom is -0.495 e. The van der Waals surface area contributed by atoms with E-state index < -0.39 is 10.0 Å². The molecule has 0 spiro atoms. The van der Waals surface area contributed by atoms with Crippen LogP contribution in [0.15, 0.2) is 45.8 Å². The zero-order chi connectivity index (χ0) is 21.6. The molecule has 0 heterocycles. The topological polar surface area (TPSA) is 114 Å². The second-order valence-corrected chi connectivity index (χ2v) is 8.74. The van der Waals surface area contributed by atoms with Crippen LogP contribution in [0.5, 0.6) is 5.75 Å². The third-order valence-electron chi connectivity index (χ3n) is 3.83. The molecule has 0 atom stereocenters. The monoisotopic (exact) mass is 483 g/mol. The smallest absolute Gasteiger partial charge is 0.265 e. The normalized spacial score (nSPS) is 10.9. The van der Waals surface area contributed by atoms with Crippen LogP contribution < -0.4 is 20.1 Å². The number of ether oxygens (including phenoxy) is 1. The first kappa shape index (κ1) is 22.7. The number of nitrogens with one attached hydrogen (secondary N) is 3. The van der Waals surface area contributed by atoms with Crippen LogP contribution in [-0.2, 0) is 19.6 Å². The number of amides is 2. The minimum atomic E-state index is -4.00. The van der Waals surface area contributed by atoms with Gasteiger partial charge in [-0.15, -0.1) is 0 Å². The third kappa shape index (κ3) is 6.47. The summed E-state index contributed by atoms with van der Waals surface area (Å²) in [6.45, 7) is 3.39. The Hall–Kier alpha value is -2.59. The Morgan fingerprint density at radius 1 is 1.14 bits per heavy atom. The standard InChI is InChI=1S/C19H22BrN3O5S/c1-12-4-6-15(20)16(10-12)23-29(26,27)18-11-14(5-7-17(18)28-3)22-19(25)8-9-21-13(2)24/h4-7,10-11,23H,8-9H2,1-3H3,(H,21,24)(H,22,25). The molecule has 2 rings (SSSR count). The maximum absolute atomic E-state index is 13.0. The van der Waals surface area contributed by atoms with Crippen molar-refractivity contribution in [2.24, 2.45) is 0 Å². The fourth-order valence-corrected chi connectivity index (χ4v) is 4.20. The molecular weight excluding hydrogens is 462 g/mol. The Bertz CT molecular complexity index is 1020. The molecular formula is C19H22BrN3O5S. The molecule has 0 aliphatic heterocycles. The minimum absolute atomic E-state index is 0.0577. The second-order valence-electron chi connectivity index (χ2n) is 6.24. The van der Waals surface area contributed by atoms with E-state index in [9.17, 15) is 18.0 Å². The zero-order valence-electron chi connectivity index (χ0n) is 16.2. The summed E-state index contributed by atoms with van der Waals surface area (Å²) in [6, 6.07) is 9.61. The molecule has 2 aromatic rings. The van der Waals surface area contributed by atoms with Crippen LogP contribution in [-0.4, -0.2) is 33.9 Å². The van der Waals surface area contributed by atoms with Gasteiger partial charge in [-0.25, -0.2) is 8.42 Å². The average molecular weight is 484 g/mol. The summed E-state index contributed by atoms with van der Waals surface area (Å²) in [7, 11) is -2.63. The van der Waals surface area contributed by atoms with E-state index in [2.05, 4.69) is 31.3 Å². The van der Waals surface area contributed by atoms with Crippen LogP contribution in [0, 0.1) is 6.92 Å². The van der Waals surface area contributed by atoms with E-state index >= 15 is 0 Å². The van der Waals surface area contributed by atoms with E-state index in [0.717, 1.165) is 5.56 Å². The summed E-state index contributed by atoms with van der Waals surface area (Å²) in [5.74, 6) is -0.455. The summed E-state index contributed by atoms with van der Waals surface area (Å²) in [6.07, 6.45) is 0.0577. The first-order valence-corrected chi connectivity index (χ1v) is 10.9. The van der Waals surface area contributed by atoms with E-state index in [0.29, 0.717) is 15.8 Å². The second kappa shape index (κ2) is 9.75. The first-order valence-electron chi connectivity index (χ1n) is 8.63. The van der Waals surface area contributed by atoms with Crippen molar-refractivity contribution in [3.05, 3.63) is 46.4 Å². The lowest BCUT2D eigenvalue weighted by molar-refractivity contribution is -0.119. The number of aryl methyl sites for hydroxylation is 1. The van der Waals surface area contributed by atoms with Crippen LogP contribution in [0.2, 0.25) is 0 Å². The van der Waals surface area contributed by atoms with Crippen molar-refractivity contribution in [2.75, 3.05) is 23.7 Å². The highest BCUT2D eigenvalue weighted by Crippen LogP contribution is 2.31. The molecule has 0 fully saturated rings. The number of hydrogen-bond donors (Lipinski definition) is 3. The molecule has 0 saturated heterocycles. The molecule has 0 aliphatic rings. The number of carbonyl (C=O) groups is 2. The summed E-state index contributed by atoms with van der Waals surface area (Å²) in [5.41, 5.74) is 1.57. The number of halogens is 1. The number of sulfonamides is 1. The Kier molecular flexibility index (Phi) is 7.63. The van der Waals surface area contributed by atoms with Gasteiger partial charge >= 0.3 is 0 Å². The van der Waals surface area contributed by atoms with E-state index in [1.54, 1.807) is 12.1 Å². The molecule has 2 amide bonds. The van der Waals surface area contributed by atoms with Crippen LogP contribution in [0.4, 0.5) is 11.4 Å². The number of hydrogen-bond acceptors (Lipinski definition) is 5. The van der Waals surface area contributed by atoms with E-state index in [-0.39, 0.29) is 35.4 Å². The largest absolute Gasteiger partial charge is 0.495 e. The highest BCUT2D eigenvalue weighted by atomic mass is 79.9. The maximum Gasteiger partial charge on any atom is 0.265 e. The van der Waals surface area contributed by atoms with Crippen molar-refractivity contribution in [1.82, 2.24) is 5.32 Å². The summed E-state index contributed by atoms with van der Waals surface area (Å²) < 4.78 is 34.2. The Labute approximate surface area is 178 Å². The molecule has 0 bridgehead atoms. The molecule has 0 aromatic heterocycles. The highest BCUT2D eigenvalue weighted by Gasteiger charge is 2.22. The molecule has 10 heteroatoms. The maximum atomic E-state index is 13.0. The number of benzene rings is 2. The predicted molar refractivity (Wildman–Crippen MR) is 115 cm³/mol. The van der Waals surface area contributed by atoms with Gasteiger partial charge in [-0.3, -0.25) is 14.3 Å². The van der Waals surface area contributed by atoms with Crippen molar-refractivity contribution in [3.8, 4) is 5.75 Å². The number of anilines is 2. The van der Waals surface area contributed by atoms with Crippen molar-refractivity contribution >= 4 is 49.1 Å². The predicted octanol–water partition coefficient (Wildman–Crippen LogP) is 3.03. The number of rotatable bonds is 8. The molecule has 0 unspecified atom stereocenters. The number of carbonyl (C=O) groups excluding carboxylic acids is 2. The summed E-state index contributed by atoms with van der Waals surface area (Å²) in [4.78, 5) is 22.8. The van der Waals surface area contributed by atoms with Crippen LogP contribution in [0.3, 0.4) is 0 Å². The van der Waals surface area contributed by atoms with Gasteiger partial charge in [0.15, 0.2) is 0 Å². The molecule has 2 aromatic carbocycles. The molecule has 8 nitrogen and oxygen atoms in total. The van der Waals surface area contributed by atoms with Gasteiger partial charge in [0.25, 0.3) is 10.0 Å². The lowest BCUT2D eigenvalue weighted by Crippen LogP contribution is -2.25. The quantitative estimate of drug-likeness (QED) is 0.533. The fourth-order valence-electron chi connectivity index (χ4n) is 2.46. The van der Waals surface area contributed by atoms with Gasteiger partial charge in [0.2, 0.25) is 11.8 Å². The van der Waals surface area contributed by atoms with Gasteiger partial charge in [0, 0.05) is 30.0 Å². The van der Waals surface area contributed by atoms with Crippen molar-refractivity contribution in [2.45, 2.75) is 25.2 Å². The average Bonchev–Trinajstić information content (AvgIpc) is 2.64. The Morgan fingerprint density at radius 3 is 2.52 bits per heavy atom. The molecule has 3 N–H and O–H groups in total. The van der Waals surface area contributed by atoms with Gasteiger partial charge < -0.3 is 15.4 Å². The molecule has 29 heavy (non-hydrogen) atoms. The van der Waals surface area contributed by atoms with Crippen molar-refractivity contribution in [3.63, 3.8) is 0 Å². The molecule has 0 radical (unpaired) electrons. The van der Waals surface area contributed by atoms with Crippen molar-refractivity contribution < 1.29 is 22.7 Å². The Morgan fingerprint density at radius 2 is 1.86 bits per heavy atom. The summed E-state index contributed by atoms with van der Waals surface area (Å²) in [5, 5.41) is 5.14. The van der Waals surface area contributed by atoms with Crippen LogP contribution >= 0.6 is 15.9 Å². The summed E-state index contributed by atoms with van der Waals surface area (Å²) >= 11 is 3.33. The van der Waals surface area contributed by atoms with Gasteiger partial charge in [0.05, 0.1) is 12.8 Å².